The van der Waals surface area contributed by atoms with E-state index in [0.717, 1.165) is 6.07 Å². The van der Waals surface area contributed by atoms with Crippen molar-refractivity contribution in [1.29, 1.82) is 0 Å². The van der Waals surface area contributed by atoms with E-state index in [4.69, 9.17) is 0 Å². The maximum Gasteiger partial charge on any atom is 0.126 e. The fourth-order valence-corrected chi connectivity index (χ4v) is 1.29. The van der Waals surface area contributed by atoms with E-state index in [2.05, 4.69) is 33.0 Å². The van der Waals surface area contributed by atoms with Crippen LogP contribution in [-0.4, -0.2) is 6.04 Å². The lowest BCUT2D eigenvalue weighted by molar-refractivity contribution is 0.285. The maximum absolute atomic E-state index is 12.9. The van der Waals surface area contributed by atoms with Gasteiger partial charge in [0, 0.05) is 18.7 Å². The smallest absolute Gasteiger partial charge is 0.126 e. The minimum Gasteiger partial charge on any atom is -0.310 e. The van der Waals surface area contributed by atoms with Gasteiger partial charge in [-0.25, -0.2) is 8.78 Å². The number of hydrogen-bond donors (Lipinski definition) is 1. The third-order valence-corrected chi connectivity index (χ3v) is 2.83. The van der Waals surface area contributed by atoms with E-state index in [1.807, 2.05) is 0 Å². The molecule has 3 heteroatoms. The summed E-state index contributed by atoms with van der Waals surface area (Å²) in [5.41, 5.74) is 0.764. The third-order valence-electron chi connectivity index (χ3n) is 2.83. The van der Waals surface area contributed by atoms with Crippen molar-refractivity contribution in [2.45, 2.75) is 40.3 Å². The molecule has 0 saturated carbocycles. The zero-order valence-corrected chi connectivity index (χ0v) is 10.3. The van der Waals surface area contributed by atoms with Gasteiger partial charge >= 0.3 is 0 Å². The molecule has 1 rings (SSSR count). The molecule has 0 saturated heterocycles. The minimum atomic E-state index is -0.528. The monoisotopic (exact) mass is 227 g/mol. The predicted octanol–water partition coefficient (Wildman–Crippen LogP) is 3.49. The molecule has 16 heavy (non-hydrogen) atoms. The normalized spacial score (nSPS) is 13.9. The zero-order valence-electron chi connectivity index (χ0n) is 10.3. The summed E-state index contributed by atoms with van der Waals surface area (Å²) in [6.07, 6.45) is 0. The topological polar surface area (TPSA) is 12.0 Å². The average molecular weight is 227 g/mol. The molecule has 0 bridgehead atoms. The Labute approximate surface area is 95.9 Å². The Morgan fingerprint density at radius 2 is 1.62 bits per heavy atom. The number of rotatable bonds is 3. The second-order valence-electron chi connectivity index (χ2n) is 5.25. The first-order valence-corrected chi connectivity index (χ1v) is 5.47. The Kier molecular flexibility index (Phi) is 4.03. The summed E-state index contributed by atoms with van der Waals surface area (Å²) in [7, 11) is 0. The van der Waals surface area contributed by atoms with Gasteiger partial charge in [0.1, 0.15) is 11.6 Å². The molecule has 0 aliphatic rings. The zero-order chi connectivity index (χ0) is 12.3. The van der Waals surface area contributed by atoms with Gasteiger partial charge in [0.25, 0.3) is 0 Å². The maximum atomic E-state index is 12.9. The first-order valence-electron chi connectivity index (χ1n) is 5.47. The third kappa shape index (κ3) is 3.89. The molecule has 1 aromatic rings. The Morgan fingerprint density at radius 1 is 1.12 bits per heavy atom. The van der Waals surface area contributed by atoms with E-state index >= 15 is 0 Å². The molecule has 0 heterocycles. The van der Waals surface area contributed by atoms with Crippen molar-refractivity contribution in [2.75, 3.05) is 0 Å². The van der Waals surface area contributed by atoms with Crippen LogP contribution in [0.5, 0.6) is 0 Å². The van der Waals surface area contributed by atoms with E-state index in [1.165, 1.54) is 12.1 Å². The molecule has 0 aliphatic heterocycles. The van der Waals surface area contributed by atoms with Gasteiger partial charge in [0.2, 0.25) is 0 Å². The molecule has 1 atom stereocenters. The molecule has 0 fully saturated rings. The van der Waals surface area contributed by atoms with Crippen LogP contribution in [0, 0.1) is 17.0 Å². The van der Waals surface area contributed by atoms with E-state index in [1.54, 1.807) is 0 Å². The molecule has 0 spiro atoms. The van der Waals surface area contributed by atoms with Gasteiger partial charge in [0.05, 0.1) is 0 Å². The Balaban J connectivity index is 2.61. The van der Waals surface area contributed by atoms with Gasteiger partial charge in [0.15, 0.2) is 0 Å². The SMILES string of the molecule is CC(NCc1cc(F)cc(F)c1)C(C)(C)C. The summed E-state index contributed by atoms with van der Waals surface area (Å²) >= 11 is 0. The second-order valence-corrected chi connectivity index (χ2v) is 5.25. The van der Waals surface area contributed by atoms with E-state index < -0.39 is 11.6 Å². The van der Waals surface area contributed by atoms with Gasteiger partial charge in [-0.2, -0.15) is 0 Å². The lowest BCUT2D eigenvalue weighted by atomic mass is 9.88. The van der Waals surface area contributed by atoms with Crippen molar-refractivity contribution < 1.29 is 8.78 Å². The van der Waals surface area contributed by atoms with Crippen LogP contribution in [0.4, 0.5) is 8.78 Å². The highest BCUT2D eigenvalue weighted by Crippen LogP contribution is 2.19. The molecular formula is C13H19F2N. The molecule has 0 amide bonds. The van der Waals surface area contributed by atoms with Crippen molar-refractivity contribution >= 4 is 0 Å². The van der Waals surface area contributed by atoms with Gasteiger partial charge in [-0.1, -0.05) is 20.8 Å². The molecule has 1 unspecified atom stereocenters. The average Bonchev–Trinajstić information content (AvgIpc) is 2.11. The number of hydrogen-bond acceptors (Lipinski definition) is 1. The Bertz CT molecular complexity index is 335. The van der Waals surface area contributed by atoms with Crippen molar-refractivity contribution in [2.24, 2.45) is 5.41 Å². The fourth-order valence-electron chi connectivity index (χ4n) is 1.29. The number of nitrogens with one attached hydrogen (secondary N) is 1. The summed E-state index contributed by atoms with van der Waals surface area (Å²) in [6, 6.07) is 3.87. The lowest BCUT2D eigenvalue weighted by Gasteiger charge is -2.28. The first kappa shape index (κ1) is 13.1. The van der Waals surface area contributed by atoms with Crippen molar-refractivity contribution in [3.63, 3.8) is 0 Å². The van der Waals surface area contributed by atoms with E-state index in [0.29, 0.717) is 12.1 Å². The summed E-state index contributed by atoms with van der Waals surface area (Å²) in [5, 5.41) is 3.26. The van der Waals surface area contributed by atoms with Crippen LogP contribution in [0.2, 0.25) is 0 Å². The Hall–Kier alpha value is -0.960. The van der Waals surface area contributed by atoms with Crippen LogP contribution in [0.25, 0.3) is 0 Å². The second kappa shape index (κ2) is 4.91. The summed E-state index contributed by atoms with van der Waals surface area (Å²) < 4.78 is 25.8. The predicted molar refractivity (Wildman–Crippen MR) is 62.1 cm³/mol. The molecule has 0 aliphatic carbocycles. The van der Waals surface area contributed by atoms with Crippen LogP contribution in [-0.2, 0) is 6.54 Å². The summed E-state index contributed by atoms with van der Waals surface area (Å²) in [4.78, 5) is 0. The lowest BCUT2D eigenvalue weighted by Crippen LogP contribution is -2.37. The van der Waals surface area contributed by atoms with Crippen LogP contribution in [0.1, 0.15) is 33.3 Å². The molecule has 1 nitrogen and oxygen atoms in total. The van der Waals surface area contributed by atoms with Crippen LogP contribution in [0.3, 0.4) is 0 Å². The molecule has 0 radical (unpaired) electrons. The standard InChI is InChI=1S/C13H19F2N/c1-9(13(2,3)4)16-8-10-5-11(14)7-12(15)6-10/h5-7,9,16H,8H2,1-4H3. The van der Waals surface area contributed by atoms with Crippen LogP contribution >= 0.6 is 0 Å². The molecule has 0 aromatic heterocycles. The molecule has 90 valence electrons. The van der Waals surface area contributed by atoms with Crippen molar-refractivity contribution in [1.82, 2.24) is 5.32 Å². The highest BCUT2D eigenvalue weighted by atomic mass is 19.1. The quantitative estimate of drug-likeness (QED) is 0.833. The molecule has 1 N–H and O–H groups in total. The highest BCUT2D eigenvalue weighted by Gasteiger charge is 2.19. The van der Waals surface area contributed by atoms with Crippen molar-refractivity contribution in [3.8, 4) is 0 Å². The van der Waals surface area contributed by atoms with Crippen LogP contribution in [0.15, 0.2) is 18.2 Å². The first-order chi connectivity index (χ1) is 7.29. The largest absolute Gasteiger partial charge is 0.310 e. The summed E-state index contributed by atoms with van der Waals surface area (Å²) in [5.74, 6) is -1.06. The minimum absolute atomic E-state index is 0.131. The van der Waals surface area contributed by atoms with Gasteiger partial charge in [-0.15, -0.1) is 0 Å². The number of halogens is 2. The van der Waals surface area contributed by atoms with E-state index in [9.17, 15) is 8.78 Å². The van der Waals surface area contributed by atoms with Gasteiger partial charge in [-0.05, 0) is 30.0 Å². The van der Waals surface area contributed by atoms with Gasteiger partial charge in [-0.3, -0.25) is 0 Å². The molecular weight excluding hydrogens is 208 g/mol. The molecule has 1 aromatic carbocycles. The van der Waals surface area contributed by atoms with Gasteiger partial charge < -0.3 is 5.32 Å². The highest BCUT2D eigenvalue weighted by molar-refractivity contribution is 5.17. The Morgan fingerprint density at radius 3 is 2.06 bits per heavy atom. The van der Waals surface area contributed by atoms with E-state index in [-0.39, 0.29) is 11.5 Å². The number of benzene rings is 1. The van der Waals surface area contributed by atoms with Crippen LogP contribution < -0.4 is 5.32 Å². The fraction of sp³-hybridized carbons (Fsp3) is 0.538. The van der Waals surface area contributed by atoms with Crippen molar-refractivity contribution in [3.05, 3.63) is 35.4 Å². The summed E-state index contributed by atoms with van der Waals surface area (Å²) in [6.45, 7) is 8.91.